The number of piperidine rings is 1. The number of carbonyl (C=O) groups is 1. The zero-order valence-electron chi connectivity index (χ0n) is 13.3. The molecule has 22 heavy (non-hydrogen) atoms. The number of carbonyl (C=O) groups excluding carboxylic acids is 1. The quantitative estimate of drug-likeness (QED) is 0.701. The number of benzene rings is 1. The van der Waals surface area contributed by atoms with Crippen molar-refractivity contribution in [2.24, 2.45) is 11.7 Å². The third-order valence-corrected chi connectivity index (χ3v) is 4.20. The van der Waals surface area contributed by atoms with Gasteiger partial charge >= 0.3 is 0 Å². The van der Waals surface area contributed by atoms with Crippen LogP contribution in [0.1, 0.15) is 35.7 Å². The molecule has 1 heterocycles. The molecule has 0 spiro atoms. The number of rotatable bonds is 7. The topological polar surface area (TPSA) is 78.6 Å². The summed E-state index contributed by atoms with van der Waals surface area (Å²) >= 11 is 0. The lowest BCUT2D eigenvalue weighted by molar-refractivity contribution is 0.0996. The summed E-state index contributed by atoms with van der Waals surface area (Å²) < 4.78 is 0. The van der Waals surface area contributed by atoms with E-state index in [0.29, 0.717) is 11.5 Å². The van der Waals surface area contributed by atoms with Gasteiger partial charge in [-0.25, -0.2) is 0 Å². The number of aliphatic hydroxyl groups excluding tert-OH is 1. The molecule has 0 radical (unpaired) electrons. The number of amides is 1. The van der Waals surface area contributed by atoms with E-state index in [4.69, 9.17) is 5.73 Å². The summed E-state index contributed by atoms with van der Waals surface area (Å²) in [7, 11) is 0. The van der Waals surface area contributed by atoms with Gasteiger partial charge in [0, 0.05) is 18.7 Å². The molecule has 1 atom stereocenters. The fourth-order valence-electron chi connectivity index (χ4n) is 3.00. The first-order chi connectivity index (χ1) is 10.5. The number of nitrogens with zero attached hydrogens (tertiary/aromatic N) is 1. The predicted molar refractivity (Wildman–Crippen MR) is 87.5 cm³/mol. The molecule has 0 saturated carbocycles. The number of nitrogens with two attached hydrogens (primary N) is 1. The summed E-state index contributed by atoms with van der Waals surface area (Å²) in [4.78, 5) is 13.5. The molecule has 1 aromatic rings. The average Bonchev–Trinajstić information content (AvgIpc) is 2.49. The maximum atomic E-state index is 11.2. The van der Waals surface area contributed by atoms with Crippen LogP contribution < -0.4 is 11.1 Å². The predicted octanol–water partition coefficient (Wildman–Crippen LogP) is 0.968. The third-order valence-electron chi connectivity index (χ3n) is 4.20. The number of hydrogen-bond donors (Lipinski definition) is 3. The van der Waals surface area contributed by atoms with E-state index in [9.17, 15) is 9.90 Å². The van der Waals surface area contributed by atoms with Gasteiger partial charge in [0.25, 0.3) is 0 Å². The molecular weight excluding hydrogens is 278 g/mol. The Kier molecular flexibility index (Phi) is 6.36. The van der Waals surface area contributed by atoms with Crippen LogP contribution >= 0.6 is 0 Å². The van der Waals surface area contributed by atoms with Crippen LogP contribution in [0.25, 0.3) is 0 Å². The van der Waals surface area contributed by atoms with E-state index < -0.39 is 0 Å². The SMILES string of the molecule is C[C@H](O)CN1CCC(CNCc2cccc(C(N)=O)c2)CC1. The van der Waals surface area contributed by atoms with Gasteiger partial charge in [0.15, 0.2) is 0 Å². The Morgan fingerprint density at radius 1 is 1.45 bits per heavy atom. The standard InChI is InChI=1S/C17H27N3O2/c1-13(21)12-20-7-5-14(6-8-20)10-19-11-15-3-2-4-16(9-15)17(18)22/h2-4,9,13-14,19,21H,5-8,10-12H2,1H3,(H2,18,22)/t13-/m0/s1. The van der Waals surface area contributed by atoms with Crippen molar-refractivity contribution in [2.45, 2.75) is 32.4 Å². The van der Waals surface area contributed by atoms with Gasteiger partial charge in [0.2, 0.25) is 5.91 Å². The normalized spacial score (nSPS) is 18.3. The van der Waals surface area contributed by atoms with Gasteiger partial charge in [0.1, 0.15) is 0 Å². The van der Waals surface area contributed by atoms with Crippen molar-refractivity contribution < 1.29 is 9.90 Å². The number of primary amides is 1. The van der Waals surface area contributed by atoms with Crippen molar-refractivity contribution in [2.75, 3.05) is 26.2 Å². The highest BCUT2D eigenvalue weighted by Gasteiger charge is 2.19. The maximum absolute atomic E-state index is 11.2. The number of β-amino-alcohol motifs (C(OH)–C–C–N with tert-alkyl or cyclic N) is 1. The van der Waals surface area contributed by atoms with Crippen molar-refractivity contribution in [3.8, 4) is 0 Å². The molecule has 0 aromatic heterocycles. The fourth-order valence-corrected chi connectivity index (χ4v) is 3.00. The van der Waals surface area contributed by atoms with Crippen molar-refractivity contribution >= 4 is 5.91 Å². The minimum atomic E-state index is -0.382. The van der Waals surface area contributed by atoms with E-state index in [1.165, 1.54) is 12.8 Å². The highest BCUT2D eigenvalue weighted by molar-refractivity contribution is 5.92. The van der Waals surface area contributed by atoms with Crippen molar-refractivity contribution in [3.63, 3.8) is 0 Å². The zero-order chi connectivity index (χ0) is 15.9. The summed E-state index contributed by atoms with van der Waals surface area (Å²) in [5, 5.41) is 12.9. The molecule has 2 rings (SSSR count). The Labute approximate surface area is 132 Å². The molecule has 1 amide bonds. The maximum Gasteiger partial charge on any atom is 0.248 e. The average molecular weight is 305 g/mol. The molecule has 1 aliphatic rings. The second-order valence-corrected chi connectivity index (χ2v) is 6.29. The molecule has 0 bridgehead atoms. The van der Waals surface area contributed by atoms with Crippen LogP contribution in [0.3, 0.4) is 0 Å². The molecule has 122 valence electrons. The van der Waals surface area contributed by atoms with Gasteiger partial charge in [-0.05, 0) is 63.0 Å². The van der Waals surface area contributed by atoms with Crippen LogP contribution in [0.5, 0.6) is 0 Å². The van der Waals surface area contributed by atoms with E-state index in [0.717, 1.165) is 38.3 Å². The van der Waals surface area contributed by atoms with E-state index in [1.54, 1.807) is 6.07 Å². The highest BCUT2D eigenvalue weighted by Crippen LogP contribution is 2.16. The zero-order valence-corrected chi connectivity index (χ0v) is 13.3. The van der Waals surface area contributed by atoms with E-state index in [2.05, 4.69) is 10.2 Å². The molecule has 1 aromatic carbocycles. The Hall–Kier alpha value is -1.43. The Balaban J connectivity index is 1.69. The lowest BCUT2D eigenvalue weighted by atomic mass is 9.96. The van der Waals surface area contributed by atoms with Gasteiger partial charge < -0.3 is 21.1 Å². The highest BCUT2D eigenvalue weighted by atomic mass is 16.3. The van der Waals surface area contributed by atoms with Gasteiger partial charge in [-0.1, -0.05) is 12.1 Å². The largest absolute Gasteiger partial charge is 0.392 e. The summed E-state index contributed by atoms with van der Waals surface area (Å²) in [5.74, 6) is 0.303. The Bertz CT molecular complexity index is 483. The molecule has 1 saturated heterocycles. The molecular formula is C17H27N3O2. The third kappa shape index (κ3) is 5.40. The molecule has 1 fully saturated rings. The molecule has 5 nitrogen and oxygen atoms in total. The van der Waals surface area contributed by atoms with E-state index in [-0.39, 0.29) is 12.0 Å². The fraction of sp³-hybridized carbons (Fsp3) is 0.588. The summed E-state index contributed by atoms with van der Waals surface area (Å²) in [6, 6.07) is 7.46. The van der Waals surface area contributed by atoms with Crippen LogP contribution in [0.4, 0.5) is 0 Å². The van der Waals surface area contributed by atoms with Crippen LogP contribution in [-0.4, -0.2) is 48.2 Å². The number of hydrogen-bond acceptors (Lipinski definition) is 4. The second kappa shape index (κ2) is 8.27. The summed E-state index contributed by atoms with van der Waals surface area (Å²) in [5.41, 5.74) is 6.94. The van der Waals surface area contributed by atoms with E-state index >= 15 is 0 Å². The number of aliphatic hydroxyl groups is 1. The summed E-state index contributed by atoms with van der Waals surface area (Å²) in [6.07, 6.45) is 2.09. The molecule has 1 aliphatic heterocycles. The van der Waals surface area contributed by atoms with Crippen molar-refractivity contribution in [1.29, 1.82) is 0 Å². The Morgan fingerprint density at radius 3 is 2.82 bits per heavy atom. The first kappa shape index (κ1) is 16.9. The number of nitrogens with one attached hydrogen (secondary N) is 1. The minimum absolute atomic E-state index is 0.243. The Morgan fingerprint density at radius 2 is 2.18 bits per heavy atom. The van der Waals surface area contributed by atoms with Crippen LogP contribution in [0.15, 0.2) is 24.3 Å². The number of likely N-dealkylation sites (tertiary alicyclic amines) is 1. The van der Waals surface area contributed by atoms with Gasteiger partial charge in [-0.2, -0.15) is 0 Å². The molecule has 0 unspecified atom stereocenters. The van der Waals surface area contributed by atoms with Crippen LogP contribution in [0, 0.1) is 5.92 Å². The van der Waals surface area contributed by atoms with Crippen molar-refractivity contribution in [1.82, 2.24) is 10.2 Å². The lowest BCUT2D eigenvalue weighted by Gasteiger charge is -2.32. The van der Waals surface area contributed by atoms with Crippen LogP contribution in [-0.2, 0) is 6.54 Å². The van der Waals surface area contributed by atoms with E-state index in [1.807, 2.05) is 25.1 Å². The smallest absolute Gasteiger partial charge is 0.248 e. The van der Waals surface area contributed by atoms with Gasteiger partial charge in [-0.3, -0.25) is 4.79 Å². The van der Waals surface area contributed by atoms with Gasteiger partial charge in [-0.15, -0.1) is 0 Å². The van der Waals surface area contributed by atoms with Crippen LogP contribution in [0.2, 0.25) is 0 Å². The summed E-state index contributed by atoms with van der Waals surface area (Å²) in [6.45, 7) is 6.50. The molecule has 4 N–H and O–H groups in total. The van der Waals surface area contributed by atoms with Gasteiger partial charge in [0.05, 0.1) is 6.10 Å². The first-order valence-corrected chi connectivity index (χ1v) is 8.04. The first-order valence-electron chi connectivity index (χ1n) is 8.04. The monoisotopic (exact) mass is 305 g/mol. The lowest BCUT2D eigenvalue weighted by Crippen LogP contribution is -2.40. The minimum Gasteiger partial charge on any atom is -0.392 e. The second-order valence-electron chi connectivity index (χ2n) is 6.29. The molecule has 0 aliphatic carbocycles. The molecule has 5 heteroatoms. The van der Waals surface area contributed by atoms with Crippen molar-refractivity contribution in [3.05, 3.63) is 35.4 Å².